The molecular weight excluding hydrogens is 596 g/mol. The summed E-state index contributed by atoms with van der Waals surface area (Å²) in [6, 6.07) is 6.87. The molecule has 1 aromatic carbocycles. The van der Waals surface area contributed by atoms with Gasteiger partial charge in [-0.1, -0.05) is 30.3 Å². The summed E-state index contributed by atoms with van der Waals surface area (Å²) >= 11 is 0. The molecule has 0 aliphatic heterocycles. The monoisotopic (exact) mass is 652 g/mol. The molecule has 4 fully saturated rings. The van der Waals surface area contributed by atoms with E-state index in [1.807, 2.05) is 30.3 Å². The number of nitrogens with zero attached hydrogens (tertiary/aromatic N) is 1. The molecule has 12 heteroatoms. The predicted octanol–water partition coefficient (Wildman–Crippen LogP) is 1.38. The highest BCUT2D eigenvalue weighted by atomic mass is 16.2. The van der Waals surface area contributed by atoms with Crippen LogP contribution in [0, 0.1) is 29.1 Å². The molecular formula is C35H56N8O4. The Balaban J connectivity index is 1.51. The van der Waals surface area contributed by atoms with E-state index in [0.717, 1.165) is 24.8 Å². The number of guanidine groups is 1. The molecule has 1 aromatic rings. The van der Waals surface area contributed by atoms with Crippen LogP contribution in [0.4, 0.5) is 0 Å². The fourth-order valence-corrected chi connectivity index (χ4v) is 8.83. The van der Waals surface area contributed by atoms with Gasteiger partial charge in [-0.2, -0.15) is 0 Å². The average Bonchev–Trinajstić information content (AvgIpc) is 3.01. The van der Waals surface area contributed by atoms with Gasteiger partial charge in [0.2, 0.25) is 17.7 Å². The number of Topliss-reactive ketones (excluding diaryl/α,β-unsaturated/α-hetero) is 1. The molecule has 4 aliphatic rings. The van der Waals surface area contributed by atoms with Crippen molar-refractivity contribution in [2.24, 2.45) is 62.7 Å². The van der Waals surface area contributed by atoms with Crippen LogP contribution in [0.2, 0.25) is 0 Å². The van der Waals surface area contributed by atoms with Crippen LogP contribution in [-0.4, -0.2) is 60.7 Å². The fraction of sp³-hybridized carbons (Fsp3) is 0.686. The van der Waals surface area contributed by atoms with E-state index in [1.54, 1.807) is 0 Å². The van der Waals surface area contributed by atoms with E-state index in [-0.39, 0.29) is 35.9 Å². The third kappa shape index (κ3) is 10.8. The lowest BCUT2D eigenvalue weighted by Gasteiger charge is -2.57. The van der Waals surface area contributed by atoms with E-state index >= 15 is 0 Å². The number of unbranched alkanes of at least 4 members (excludes halogenated alkanes) is 1. The van der Waals surface area contributed by atoms with Crippen molar-refractivity contribution >= 4 is 29.5 Å². The summed E-state index contributed by atoms with van der Waals surface area (Å²) in [6.45, 7) is 0.770. The number of amides is 3. The Morgan fingerprint density at radius 2 is 1.43 bits per heavy atom. The van der Waals surface area contributed by atoms with Crippen molar-refractivity contribution in [2.75, 3.05) is 13.1 Å². The minimum atomic E-state index is -0.873. The van der Waals surface area contributed by atoms with Crippen LogP contribution in [0.3, 0.4) is 0 Å². The number of ketones is 1. The summed E-state index contributed by atoms with van der Waals surface area (Å²) in [5, 5.41) is 5.77. The average molecular weight is 653 g/mol. The Bertz CT molecular complexity index is 1220. The van der Waals surface area contributed by atoms with Gasteiger partial charge in [0.15, 0.2) is 11.7 Å². The van der Waals surface area contributed by atoms with Crippen LogP contribution in [0.25, 0.3) is 0 Å². The second-order valence-electron chi connectivity index (χ2n) is 14.5. The minimum absolute atomic E-state index is 0.00293. The van der Waals surface area contributed by atoms with Crippen molar-refractivity contribution in [3.05, 3.63) is 35.9 Å². The zero-order valence-corrected chi connectivity index (χ0v) is 27.7. The molecule has 5 rings (SSSR count). The smallest absolute Gasteiger partial charge is 0.239 e. The van der Waals surface area contributed by atoms with Gasteiger partial charge in [0.25, 0.3) is 0 Å². The second-order valence-corrected chi connectivity index (χ2v) is 14.5. The Hall–Kier alpha value is -3.51. The largest absolute Gasteiger partial charge is 0.370 e. The number of rotatable bonds is 20. The molecule has 4 aliphatic carbocycles. The first-order valence-corrected chi connectivity index (χ1v) is 17.4. The van der Waals surface area contributed by atoms with Crippen LogP contribution in [0.15, 0.2) is 35.3 Å². The highest BCUT2D eigenvalue weighted by molar-refractivity contribution is 5.94. The highest BCUT2D eigenvalue weighted by Crippen LogP contribution is 2.62. The molecule has 12 N–H and O–H groups in total. The summed E-state index contributed by atoms with van der Waals surface area (Å²) in [5.41, 5.74) is 29.5. The van der Waals surface area contributed by atoms with Gasteiger partial charge < -0.3 is 39.3 Å². The zero-order chi connectivity index (χ0) is 34.0. The van der Waals surface area contributed by atoms with Crippen LogP contribution in [-0.2, 0) is 25.6 Å². The zero-order valence-electron chi connectivity index (χ0n) is 27.7. The molecule has 0 heterocycles. The normalized spacial score (nSPS) is 25.3. The lowest BCUT2D eigenvalue weighted by atomic mass is 9.48. The predicted molar refractivity (Wildman–Crippen MR) is 182 cm³/mol. The molecule has 47 heavy (non-hydrogen) atoms. The SMILES string of the molecule is NCCCC[C@H](NC(=O)[C@@H](CC(=O)[C@@H](CCCN=C(N)N)NC(=O)[C@@H](N)Cc1ccccc1)CC12CC3CC(CC(C3)C1)C2)C(N)=O. The van der Waals surface area contributed by atoms with E-state index in [1.165, 1.54) is 19.3 Å². The number of primary amides is 1. The first-order chi connectivity index (χ1) is 22.5. The maximum absolute atomic E-state index is 14.1. The van der Waals surface area contributed by atoms with Gasteiger partial charge in [-0.25, -0.2) is 0 Å². The number of nitrogens with two attached hydrogens (primary N) is 5. The number of hydrogen-bond donors (Lipinski definition) is 7. The van der Waals surface area contributed by atoms with E-state index in [0.29, 0.717) is 69.4 Å². The van der Waals surface area contributed by atoms with Crippen molar-refractivity contribution in [1.82, 2.24) is 10.6 Å². The molecule has 0 radical (unpaired) electrons. The summed E-state index contributed by atoms with van der Waals surface area (Å²) < 4.78 is 0. The molecule has 0 aromatic heterocycles. The fourth-order valence-electron chi connectivity index (χ4n) is 8.83. The Morgan fingerprint density at radius 3 is 2.00 bits per heavy atom. The van der Waals surface area contributed by atoms with Gasteiger partial charge in [0.05, 0.1) is 12.1 Å². The van der Waals surface area contributed by atoms with Crippen molar-refractivity contribution in [3.63, 3.8) is 0 Å². The third-order valence-electron chi connectivity index (χ3n) is 10.6. The highest BCUT2D eigenvalue weighted by Gasteiger charge is 2.52. The molecule has 0 unspecified atom stereocenters. The number of aliphatic imine (C=N–C) groups is 1. The molecule has 4 bridgehead atoms. The molecule has 260 valence electrons. The topological polar surface area (TPSA) is 235 Å². The number of benzene rings is 1. The Kier molecular flexibility index (Phi) is 13.2. The Morgan fingerprint density at radius 1 is 0.830 bits per heavy atom. The lowest BCUT2D eigenvalue weighted by molar-refractivity contribution is -0.137. The van der Waals surface area contributed by atoms with Crippen LogP contribution >= 0.6 is 0 Å². The van der Waals surface area contributed by atoms with Crippen LogP contribution in [0.1, 0.15) is 89.0 Å². The standard InChI is InChI=1S/C35H56N8O4/c36-11-5-4-9-29(31(38)45)43-32(46)26(21-35-18-23-13-24(19-35)15-25(14-23)20-35)17-30(44)28(10-6-12-41-34(39)40)42-33(47)27(37)16-22-7-2-1-3-8-22/h1-3,7-8,23-29H,4-6,9-21,36-37H2,(H2,38,45)(H,42,47)(H,43,46)(H4,39,40,41)/t23?,24?,25?,26-,27-,28+,29-,35?/m0/s1. The van der Waals surface area contributed by atoms with Crippen molar-refractivity contribution in [1.29, 1.82) is 0 Å². The van der Waals surface area contributed by atoms with Gasteiger partial charge in [0, 0.05) is 18.9 Å². The second kappa shape index (κ2) is 17.1. The third-order valence-corrected chi connectivity index (χ3v) is 10.6. The van der Waals surface area contributed by atoms with Gasteiger partial charge >= 0.3 is 0 Å². The van der Waals surface area contributed by atoms with Gasteiger partial charge in [0.1, 0.15) is 6.04 Å². The summed E-state index contributed by atoms with van der Waals surface area (Å²) in [7, 11) is 0. The molecule has 12 nitrogen and oxygen atoms in total. The number of carbonyl (C=O) groups is 4. The first kappa shape index (κ1) is 36.3. The molecule has 4 atom stereocenters. The summed E-state index contributed by atoms with van der Waals surface area (Å²) in [6.07, 6.45) is 10.3. The quantitative estimate of drug-likeness (QED) is 0.0616. The summed E-state index contributed by atoms with van der Waals surface area (Å²) in [5.74, 6) is -0.334. The minimum Gasteiger partial charge on any atom is -0.370 e. The van der Waals surface area contributed by atoms with Crippen LogP contribution in [0.5, 0.6) is 0 Å². The lowest BCUT2D eigenvalue weighted by Crippen LogP contribution is -2.52. The maximum Gasteiger partial charge on any atom is 0.239 e. The number of nitrogens with one attached hydrogen (secondary N) is 2. The summed E-state index contributed by atoms with van der Waals surface area (Å²) in [4.78, 5) is 57.7. The molecule has 4 saturated carbocycles. The number of hydrogen-bond acceptors (Lipinski definition) is 7. The molecule has 3 amide bonds. The van der Waals surface area contributed by atoms with Gasteiger partial charge in [-0.15, -0.1) is 0 Å². The maximum atomic E-state index is 14.1. The van der Waals surface area contributed by atoms with Gasteiger partial charge in [-0.05, 0) is 119 Å². The van der Waals surface area contributed by atoms with E-state index < -0.39 is 35.9 Å². The van der Waals surface area contributed by atoms with E-state index in [2.05, 4.69) is 15.6 Å². The molecule has 0 spiro atoms. The van der Waals surface area contributed by atoms with E-state index in [9.17, 15) is 19.2 Å². The van der Waals surface area contributed by atoms with Crippen molar-refractivity contribution in [3.8, 4) is 0 Å². The van der Waals surface area contributed by atoms with Crippen molar-refractivity contribution in [2.45, 2.75) is 108 Å². The van der Waals surface area contributed by atoms with E-state index in [4.69, 9.17) is 28.7 Å². The molecule has 0 saturated heterocycles. The Labute approximate surface area is 278 Å². The number of carbonyl (C=O) groups excluding carboxylic acids is 4. The van der Waals surface area contributed by atoms with Crippen LogP contribution < -0.4 is 39.3 Å². The van der Waals surface area contributed by atoms with Crippen molar-refractivity contribution < 1.29 is 19.2 Å². The first-order valence-electron chi connectivity index (χ1n) is 17.4. The van der Waals surface area contributed by atoms with Gasteiger partial charge in [-0.3, -0.25) is 24.2 Å².